The topological polar surface area (TPSA) is 17.1 Å². The molecule has 0 radical (unpaired) electrons. The predicted molar refractivity (Wildman–Crippen MR) is 57.1 cm³/mol. The van der Waals surface area contributed by atoms with Gasteiger partial charge in [-0.25, -0.2) is 0 Å². The smallest absolute Gasteiger partial charge is 0.145 e. The van der Waals surface area contributed by atoms with Gasteiger partial charge in [-0.15, -0.1) is 0 Å². The number of thioether (sulfide) groups is 1. The number of Topliss-reactive ketones (excluding diaryl/α,β-unsaturated/α-hetero) is 1. The van der Waals surface area contributed by atoms with E-state index in [-0.39, 0.29) is 0 Å². The van der Waals surface area contributed by atoms with Gasteiger partial charge in [0.05, 0.1) is 5.25 Å². The van der Waals surface area contributed by atoms with Crippen molar-refractivity contribution in [3.8, 4) is 0 Å². The van der Waals surface area contributed by atoms with Gasteiger partial charge in [0.2, 0.25) is 0 Å². The van der Waals surface area contributed by atoms with Gasteiger partial charge < -0.3 is 0 Å². The van der Waals surface area contributed by atoms with Crippen molar-refractivity contribution >= 4 is 17.5 Å². The molecule has 1 atom stereocenters. The summed E-state index contributed by atoms with van der Waals surface area (Å²) >= 11 is 1.89. The summed E-state index contributed by atoms with van der Waals surface area (Å²) < 4.78 is 0. The molecule has 1 saturated heterocycles. The second-order valence-electron chi connectivity index (χ2n) is 4.30. The molecule has 2 aliphatic rings. The molecule has 2 fully saturated rings. The van der Waals surface area contributed by atoms with Crippen LogP contribution in [0.1, 0.15) is 44.9 Å². The first-order chi connectivity index (χ1) is 6.36. The van der Waals surface area contributed by atoms with Crippen LogP contribution in [0.5, 0.6) is 0 Å². The summed E-state index contributed by atoms with van der Waals surface area (Å²) in [5.41, 5.74) is 0. The van der Waals surface area contributed by atoms with Crippen LogP contribution in [0.15, 0.2) is 0 Å². The summed E-state index contributed by atoms with van der Waals surface area (Å²) in [4.78, 5) is 11.7. The minimum absolute atomic E-state index is 0.368. The average Bonchev–Trinajstić information content (AvgIpc) is 2.99. The number of ketones is 1. The zero-order chi connectivity index (χ0) is 9.10. The van der Waals surface area contributed by atoms with E-state index < -0.39 is 0 Å². The summed E-state index contributed by atoms with van der Waals surface area (Å²) in [5, 5.41) is 0.368. The Labute approximate surface area is 84.7 Å². The maximum atomic E-state index is 11.7. The second kappa shape index (κ2) is 4.50. The Bertz CT molecular complexity index is 181. The largest absolute Gasteiger partial charge is 0.298 e. The molecule has 0 bridgehead atoms. The van der Waals surface area contributed by atoms with Gasteiger partial charge in [0.15, 0.2) is 0 Å². The molecule has 1 nitrogen and oxygen atoms in total. The molecule has 13 heavy (non-hydrogen) atoms. The zero-order valence-corrected chi connectivity index (χ0v) is 8.94. The van der Waals surface area contributed by atoms with E-state index in [0.717, 1.165) is 18.8 Å². The van der Waals surface area contributed by atoms with Gasteiger partial charge in [-0.3, -0.25) is 4.79 Å². The molecule has 2 heteroatoms. The maximum absolute atomic E-state index is 11.7. The molecule has 0 spiro atoms. The Kier molecular flexibility index (Phi) is 3.31. The predicted octanol–water partition coefficient (Wildman–Crippen LogP) is 3.03. The first kappa shape index (κ1) is 9.57. The molecule has 1 saturated carbocycles. The fourth-order valence-corrected chi connectivity index (χ4v) is 3.20. The van der Waals surface area contributed by atoms with Crippen LogP contribution in [0.25, 0.3) is 0 Å². The summed E-state index contributed by atoms with van der Waals surface area (Å²) in [6, 6.07) is 0. The van der Waals surface area contributed by atoms with Crippen LogP contribution in [0.3, 0.4) is 0 Å². The van der Waals surface area contributed by atoms with Gasteiger partial charge in [-0.1, -0.05) is 19.3 Å². The van der Waals surface area contributed by atoms with Gasteiger partial charge in [0, 0.05) is 6.42 Å². The lowest BCUT2D eigenvalue weighted by Crippen LogP contribution is -2.20. The highest BCUT2D eigenvalue weighted by Gasteiger charge is 2.25. The van der Waals surface area contributed by atoms with Gasteiger partial charge in [-0.2, -0.15) is 11.8 Å². The summed E-state index contributed by atoms with van der Waals surface area (Å²) in [7, 11) is 0. The Hall–Kier alpha value is 0.0200. The molecule has 2 rings (SSSR count). The lowest BCUT2D eigenvalue weighted by atomic mass is 10.1. The highest BCUT2D eigenvalue weighted by molar-refractivity contribution is 8.00. The lowest BCUT2D eigenvalue weighted by molar-refractivity contribution is -0.118. The summed E-state index contributed by atoms with van der Waals surface area (Å²) in [6.45, 7) is 0. The van der Waals surface area contributed by atoms with E-state index >= 15 is 0 Å². The van der Waals surface area contributed by atoms with Crippen LogP contribution in [0, 0.1) is 5.92 Å². The Balaban J connectivity index is 1.67. The minimum atomic E-state index is 0.368. The van der Waals surface area contributed by atoms with Crippen molar-refractivity contribution in [1.82, 2.24) is 0 Å². The van der Waals surface area contributed by atoms with Crippen molar-refractivity contribution in [2.75, 3.05) is 5.75 Å². The monoisotopic (exact) mass is 198 g/mol. The molecule has 74 valence electrons. The summed E-state index contributed by atoms with van der Waals surface area (Å²) in [6.07, 6.45) is 8.53. The quantitative estimate of drug-likeness (QED) is 0.690. The highest BCUT2D eigenvalue weighted by atomic mass is 32.2. The van der Waals surface area contributed by atoms with Crippen molar-refractivity contribution in [2.24, 2.45) is 5.92 Å². The van der Waals surface area contributed by atoms with Crippen LogP contribution in [-0.4, -0.2) is 16.8 Å². The van der Waals surface area contributed by atoms with E-state index in [4.69, 9.17) is 0 Å². The van der Waals surface area contributed by atoms with E-state index in [2.05, 4.69) is 0 Å². The Morgan fingerprint density at radius 1 is 1.23 bits per heavy atom. The fraction of sp³-hybridized carbons (Fsp3) is 0.909. The van der Waals surface area contributed by atoms with Crippen molar-refractivity contribution < 1.29 is 4.79 Å². The third kappa shape index (κ3) is 3.01. The van der Waals surface area contributed by atoms with E-state index in [1.165, 1.54) is 37.9 Å². The van der Waals surface area contributed by atoms with Crippen LogP contribution in [-0.2, 0) is 4.79 Å². The SMILES string of the molecule is O=C(CCC1CC1)C1CCCCS1. The number of hydrogen-bond acceptors (Lipinski definition) is 2. The highest BCUT2D eigenvalue weighted by Crippen LogP contribution is 2.35. The third-order valence-electron chi connectivity index (χ3n) is 3.03. The van der Waals surface area contributed by atoms with Crippen LogP contribution in [0.4, 0.5) is 0 Å². The van der Waals surface area contributed by atoms with Gasteiger partial charge in [-0.05, 0) is 30.9 Å². The molecule has 0 aromatic rings. The normalized spacial score (nSPS) is 28.8. The van der Waals surface area contributed by atoms with Gasteiger partial charge in [0.1, 0.15) is 5.78 Å². The second-order valence-corrected chi connectivity index (χ2v) is 5.61. The molecule has 1 heterocycles. The van der Waals surface area contributed by atoms with E-state index in [0.29, 0.717) is 11.0 Å². The van der Waals surface area contributed by atoms with Crippen molar-refractivity contribution in [1.29, 1.82) is 0 Å². The summed E-state index contributed by atoms with van der Waals surface area (Å²) in [5.74, 6) is 2.66. The van der Waals surface area contributed by atoms with Crippen LogP contribution in [0.2, 0.25) is 0 Å². The van der Waals surface area contributed by atoms with Crippen LogP contribution < -0.4 is 0 Å². The number of carbonyl (C=O) groups excluding carboxylic acids is 1. The Morgan fingerprint density at radius 3 is 2.69 bits per heavy atom. The molecule has 1 unspecified atom stereocenters. The number of hydrogen-bond donors (Lipinski definition) is 0. The van der Waals surface area contributed by atoms with E-state index in [1.807, 2.05) is 11.8 Å². The fourth-order valence-electron chi connectivity index (χ4n) is 1.91. The average molecular weight is 198 g/mol. The Morgan fingerprint density at radius 2 is 2.08 bits per heavy atom. The number of carbonyl (C=O) groups is 1. The van der Waals surface area contributed by atoms with Crippen LogP contribution >= 0.6 is 11.8 Å². The van der Waals surface area contributed by atoms with Crippen molar-refractivity contribution in [2.45, 2.75) is 50.2 Å². The zero-order valence-electron chi connectivity index (χ0n) is 8.13. The molecular formula is C11H18OS. The molecule has 0 amide bonds. The van der Waals surface area contributed by atoms with E-state index in [1.54, 1.807) is 0 Å². The molecule has 1 aliphatic carbocycles. The lowest BCUT2D eigenvalue weighted by Gasteiger charge is -2.19. The number of rotatable bonds is 4. The van der Waals surface area contributed by atoms with E-state index in [9.17, 15) is 4.79 Å². The van der Waals surface area contributed by atoms with Gasteiger partial charge >= 0.3 is 0 Å². The van der Waals surface area contributed by atoms with Crippen molar-refractivity contribution in [3.63, 3.8) is 0 Å². The first-order valence-corrected chi connectivity index (χ1v) is 6.55. The third-order valence-corrected chi connectivity index (χ3v) is 4.46. The maximum Gasteiger partial charge on any atom is 0.145 e. The van der Waals surface area contributed by atoms with Crippen molar-refractivity contribution in [3.05, 3.63) is 0 Å². The molecule has 0 aromatic heterocycles. The standard InChI is InChI=1S/C11H18OS/c12-10(7-6-9-4-5-9)11-3-1-2-8-13-11/h9,11H,1-8H2. The molecule has 0 N–H and O–H groups in total. The molecule has 1 aliphatic heterocycles. The molecular weight excluding hydrogens is 180 g/mol. The van der Waals surface area contributed by atoms with Gasteiger partial charge in [0.25, 0.3) is 0 Å². The minimum Gasteiger partial charge on any atom is -0.298 e. The first-order valence-electron chi connectivity index (χ1n) is 5.50. The molecule has 0 aromatic carbocycles.